The van der Waals surface area contributed by atoms with Crippen molar-refractivity contribution in [3.63, 3.8) is 0 Å². The predicted octanol–water partition coefficient (Wildman–Crippen LogP) is -3.44. The predicted molar refractivity (Wildman–Crippen MR) is 270 cm³/mol. The highest BCUT2D eigenvalue weighted by Crippen LogP contribution is 2.76. The van der Waals surface area contributed by atoms with Crippen LogP contribution in [0.3, 0.4) is 0 Å². The van der Waals surface area contributed by atoms with Gasteiger partial charge in [-0.3, -0.25) is 4.79 Å². The fourth-order valence-electron chi connectivity index (χ4n) is 16.9. The molecule has 80 heavy (non-hydrogen) atoms. The monoisotopic (exact) mass is 1150 g/mol. The molecule has 25 nitrogen and oxygen atoms in total. The van der Waals surface area contributed by atoms with Crippen LogP contribution in [0, 0.1) is 50.2 Å². The number of aliphatic hydroxyl groups is 15. The molecule has 5 aliphatic carbocycles. The Bertz CT molecular complexity index is 2200. The third kappa shape index (κ3) is 10.1. The third-order valence-corrected chi connectivity index (χ3v) is 21.7. The van der Waals surface area contributed by atoms with Crippen molar-refractivity contribution in [1.29, 1.82) is 0 Å². The van der Waals surface area contributed by atoms with Gasteiger partial charge in [-0.1, -0.05) is 60.1 Å². The Morgan fingerprint density at radius 3 is 1.77 bits per heavy atom. The molecule has 30 unspecified atom stereocenters. The zero-order valence-electron chi connectivity index (χ0n) is 46.9. The number of carbonyl (C=O) groups excluding carboxylic acids is 1. The molecule has 4 heterocycles. The molecule has 0 spiro atoms. The van der Waals surface area contributed by atoms with E-state index in [4.69, 9.17) is 42.6 Å². The van der Waals surface area contributed by atoms with Crippen molar-refractivity contribution in [1.82, 2.24) is 0 Å². The van der Waals surface area contributed by atoms with Gasteiger partial charge in [-0.05, 0) is 84.4 Å². The Balaban J connectivity index is 1.03. The van der Waals surface area contributed by atoms with Crippen molar-refractivity contribution in [2.45, 2.75) is 241 Å². The highest BCUT2D eigenvalue weighted by Gasteiger charge is 2.73. The summed E-state index contributed by atoms with van der Waals surface area (Å²) in [5.74, 6) is -0.974. The van der Waals surface area contributed by atoms with E-state index in [1.165, 1.54) is 6.92 Å². The summed E-state index contributed by atoms with van der Waals surface area (Å²) in [7, 11) is 0. The van der Waals surface area contributed by atoms with Gasteiger partial charge in [0, 0.05) is 12.3 Å². The topological polar surface area (TPSA) is 404 Å². The average molecular weight is 1150 g/mol. The number of esters is 1. The van der Waals surface area contributed by atoms with Crippen LogP contribution in [0.15, 0.2) is 11.6 Å². The Labute approximate surface area is 465 Å². The Morgan fingerprint density at radius 1 is 0.625 bits per heavy atom. The largest absolute Gasteiger partial charge is 0.459 e. The smallest absolute Gasteiger partial charge is 0.303 e. The van der Waals surface area contributed by atoms with Crippen LogP contribution in [-0.4, -0.2) is 257 Å². The van der Waals surface area contributed by atoms with E-state index in [1.807, 2.05) is 13.8 Å². The quantitative estimate of drug-likeness (QED) is 0.0485. The maximum Gasteiger partial charge on any atom is 0.303 e. The third-order valence-electron chi connectivity index (χ3n) is 21.7. The summed E-state index contributed by atoms with van der Waals surface area (Å²) < 4.78 is 54.8. The van der Waals surface area contributed by atoms with Crippen molar-refractivity contribution in [3.05, 3.63) is 11.6 Å². The summed E-state index contributed by atoms with van der Waals surface area (Å²) >= 11 is 0. The number of rotatable bonds is 13. The molecule has 8 fully saturated rings. The van der Waals surface area contributed by atoms with Crippen LogP contribution in [0.4, 0.5) is 0 Å². The Morgan fingerprint density at radius 2 is 1.20 bits per heavy atom. The molecule has 0 amide bonds. The number of carbonyl (C=O) groups is 1. The number of allylic oxidation sites excluding steroid dienone is 2. The summed E-state index contributed by atoms with van der Waals surface area (Å²) in [5, 5.41) is 165. The lowest BCUT2D eigenvalue weighted by molar-refractivity contribution is -0.398. The average Bonchev–Trinajstić information content (AvgIpc) is 3.43. The van der Waals surface area contributed by atoms with Crippen molar-refractivity contribution in [3.8, 4) is 0 Å². The molecular formula is C55H90O25. The fourth-order valence-corrected chi connectivity index (χ4v) is 16.9. The van der Waals surface area contributed by atoms with E-state index in [-0.39, 0.29) is 23.7 Å². The van der Waals surface area contributed by atoms with Crippen molar-refractivity contribution < 1.29 is 124 Å². The van der Waals surface area contributed by atoms with Crippen LogP contribution in [0.5, 0.6) is 0 Å². The Kier molecular flexibility index (Phi) is 17.9. The summed E-state index contributed by atoms with van der Waals surface area (Å²) in [4.78, 5) is 12.4. The molecule has 0 aromatic heterocycles. The van der Waals surface area contributed by atoms with E-state index in [9.17, 15) is 81.4 Å². The highest BCUT2D eigenvalue weighted by atomic mass is 16.8. The maximum absolute atomic E-state index is 12.6. The van der Waals surface area contributed by atoms with Crippen molar-refractivity contribution >= 4 is 5.97 Å². The van der Waals surface area contributed by atoms with Gasteiger partial charge in [-0.2, -0.15) is 0 Å². The van der Waals surface area contributed by atoms with Crippen LogP contribution < -0.4 is 0 Å². The molecule has 0 aromatic rings. The van der Waals surface area contributed by atoms with Crippen LogP contribution in [-0.2, 0) is 47.4 Å². The van der Waals surface area contributed by atoms with Gasteiger partial charge < -0.3 is 119 Å². The number of fused-ring (bicyclic) bond motifs is 7. The molecule has 15 N–H and O–H groups in total. The molecule has 30 atom stereocenters. The van der Waals surface area contributed by atoms with E-state index in [1.54, 1.807) is 0 Å². The van der Waals surface area contributed by atoms with Crippen LogP contribution >= 0.6 is 0 Å². The van der Waals surface area contributed by atoms with Crippen LogP contribution in [0.2, 0.25) is 0 Å². The zero-order valence-corrected chi connectivity index (χ0v) is 46.9. The van der Waals surface area contributed by atoms with E-state index in [0.717, 1.165) is 5.57 Å². The molecule has 9 rings (SSSR count). The van der Waals surface area contributed by atoms with Gasteiger partial charge in [-0.15, -0.1) is 0 Å². The first kappa shape index (κ1) is 62.8. The van der Waals surface area contributed by atoms with Crippen molar-refractivity contribution in [2.24, 2.45) is 50.2 Å². The molecule has 4 aliphatic heterocycles. The second-order valence-corrected chi connectivity index (χ2v) is 26.7. The maximum atomic E-state index is 12.6. The number of hydrogen-bond donors (Lipinski definition) is 15. The minimum atomic E-state index is -1.99. The molecule has 25 heteroatoms. The van der Waals surface area contributed by atoms with Gasteiger partial charge >= 0.3 is 5.97 Å². The second-order valence-electron chi connectivity index (χ2n) is 26.7. The first-order valence-electron chi connectivity index (χ1n) is 28.4. The fraction of sp³-hybridized carbons (Fsp3) is 0.945. The van der Waals surface area contributed by atoms with Gasteiger partial charge in [0.15, 0.2) is 25.2 Å². The summed E-state index contributed by atoms with van der Waals surface area (Å²) in [5.41, 5.74) is -3.04. The van der Waals surface area contributed by atoms with Gasteiger partial charge in [0.2, 0.25) is 0 Å². The molecule has 4 saturated carbocycles. The lowest BCUT2D eigenvalue weighted by Gasteiger charge is -2.72. The summed E-state index contributed by atoms with van der Waals surface area (Å²) in [6.45, 7) is 12.9. The minimum Gasteiger partial charge on any atom is -0.459 e. The number of hydrogen-bond acceptors (Lipinski definition) is 25. The molecule has 460 valence electrons. The second kappa shape index (κ2) is 22.9. The van der Waals surface area contributed by atoms with Gasteiger partial charge in [0.05, 0.1) is 50.7 Å². The number of ether oxygens (including phenoxy) is 9. The highest BCUT2D eigenvalue weighted by molar-refractivity contribution is 5.66. The lowest BCUT2D eigenvalue weighted by atomic mass is 9.33. The molecule has 0 aromatic carbocycles. The van der Waals surface area contributed by atoms with Crippen LogP contribution in [0.1, 0.15) is 100 Å². The Hall–Kier alpha value is -1.71. The van der Waals surface area contributed by atoms with Gasteiger partial charge in [0.1, 0.15) is 104 Å². The normalized spacial score (nSPS) is 53.8. The van der Waals surface area contributed by atoms with Gasteiger partial charge in [-0.25, -0.2) is 0 Å². The van der Waals surface area contributed by atoms with Gasteiger partial charge in [0.25, 0.3) is 0 Å². The van der Waals surface area contributed by atoms with E-state index < -0.39 is 213 Å². The number of aliphatic hydroxyl groups excluding tert-OH is 15. The van der Waals surface area contributed by atoms with Crippen molar-refractivity contribution in [2.75, 3.05) is 33.0 Å². The van der Waals surface area contributed by atoms with Crippen LogP contribution in [0.25, 0.3) is 0 Å². The standard InChI is InChI=1S/C55H90O25/c1-22(59)74-45-44(71)55(21-58)24(15-50(45,2)3)23-9-10-30-52(6)13-12-32(51(4,5)29(52)11-14-53(30,7)54(23,8)16-31(55)61)78-49-43(80-48-40(69)37(66)35(64)27(18-57)76-48)41(70)42(79-47-39(68)36(65)34(63)26(17-56)75-47)28(77-49)20-73-46-38(67)33(62)25(60)19-72-46/h9,24-49,56-58,60-71H,10-21H2,1-8H3. The molecule has 4 saturated heterocycles. The van der Waals surface area contributed by atoms with E-state index >= 15 is 0 Å². The molecule has 9 aliphatic rings. The summed E-state index contributed by atoms with van der Waals surface area (Å²) in [6, 6.07) is 0. The molecule has 0 radical (unpaired) electrons. The van der Waals surface area contributed by atoms with E-state index in [0.29, 0.717) is 38.5 Å². The lowest BCUT2D eigenvalue weighted by Crippen LogP contribution is -2.72. The SMILES string of the molecule is CC(=O)OC1C(O)C2(CO)C(O)CC3(C)C(=CCC4C5(C)CCC(OC6OC(COC7OCC(O)C(O)C7O)C(OC7OC(CO)C(O)C(O)C7O)C(O)C6OC6OC(CO)C(O)C(O)C6O)C(C)(C)C5CCC43C)C2CC1(C)C. The summed E-state index contributed by atoms with van der Waals surface area (Å²) in [6.07, 6.45) is -31.3. The first-order valence-corrected chi connectivity index (χ1v) is 28.4. The van der Waals surface area contributed by atoms with E-state index in [2.05, 4.69) is 40.7 Å². The minimum absolute atomic E-state index is 0.0400. The zero-order chi connectivity index (χ0) is 58.7. The molecular weight excluding hydrogens is 1060 g/mol. The first-order chi connectivity index (χ1) is 37.4. The molecule has 0 bridgehead atoms.